The molecule has 4 rings (SSSR count). The average molecular weight is 471 g/mol. The van der Waals surface area contributed by atoms with Crippen LogP contribution in [0, 0.1) is 11.8 Å². The van der Waals surface area contributed by atoms with E-state index in [1.165, 1.54) is 4.90 Å². The zero-order chi connectivity index (χ0) is 21.3. The highest BCUT2D eigenvalue weighted by Crippen LogP contribution is 2.44. The summed E-state index contributed by atoms with van der Waals surface area (Å²) in [7, 11) is 0. The first kappa shape index (κ1) is 21.1. The van der Waals surface area contributed by atoms with Crippen molar-refractivity contribution in [2.45, 2.75) is 51.7 Å². The summed E-state index contributed by atoms with van der Waals surface area (Å²) in [6.45, 7) is 4.33. The van der Waals surface area contributed by atoms with E-state index < -0.39 is 12.0 Å². The molecule has 0 N–H and O–H groups in total. The number of unbranched alkanes of at least 4 members (excludes halogenated alkanes) is 1. The number of halogens is 1. The molecular weight excluding hydrogens is 444 g/mol. The van der Waals surface area contributed by atoms with E-state index in [0.717, 1.165) is 35.8 Å². The SMILES string of the molecule is CCCCC(CC)C1C2C(=O)N(c3ccc(Br)cc3)C(=O)C2ON1c1ccccc1. The summed E-state index contributed by atoms with van der Waals surface area (Å²) < 4.78 is 0.903. The molecule has 158 valence electrons. The van der Waals surface area contributed by atoms with Gasteiger partial charge in [0, 0.05) is 4.47 Å². The lowest BCUT2D eigenvalue weighted by molar-refractivity contribution is -0.126. The van der Waals surface area contributed by atoms with Crippen LogP contribution in [0.5, 0.6) is 0 Å². The zero-order valence-electron chi connectivity index (χ0n) is 17.3. The standard InChI is InChI=1S/C24H27BrN2O3/c1-3-5-9-16(4-2)21-20-22(30-27(21)19-10-7-6-8-11-19)24(29)26(23(20)28)18-14-12-17(25)13-15-18/h6-8,10-16,20-22H,3-5,9H2,1-2H3. The predicted octanol–water partition coefficient (Wildman–Crippen LogP) is 5.34. The minimum Gasteiger partial charge on any atom is -0.273 e. The van der Waals surface area contributed by atoms with Gasteiger partial charge in [-0.3, -0.25) is 14.4 Å². The Hall–Kier alpha value is -2.18. The van der Waals surface area contributed by atoms with Crippen molar-refractivity contribution in [1.29, 1.82) is 0 Å². The molecule has 2 fully saturated rings. The van der Waals surface area contributed by atoms with Crippen LogP contribution in [0.25, 0.3) is 0 Å². The van der Waals surface area contributed by atoms with Crippen LogP contribution in [0.2, 0.25) is 0 Å². The molecule has 0 aliphatic carbocycles. The summed E-state index contributed by atoms with van der Waals surface area (Å²) in [5.41, 5.74) is 1.49. The number of amides is 2. The third kappa shape index (κ3) is 3.67. The molecule has 2 aromatic rings. The number of anilines is 2. The molecule has 4 atom stereocenters. The number of hydrogen-bond acceptors (Lipinski definition) is 4. The molecule has 0 aromatic heterocycles. The second kappa shape index (κ2) is 8.90. The summed E-state index contributed by atoms with van der Waals surface area (Å²) in [5, 5.41) is 1.84. The first-order valence-electron chi connectivity index (χ1n) is 10.7. The molecule has 2 aliphatic heterocycles. The number of imide groups is 1. The van der Waals surface area contributed by atoms with Gasteiger partial charge in [-0.2, -0.15) is 0 Å². The maximum absolute atomic E-state index is 13.6. The van der Waals surface area contributed by atoms with E-state index in [1.54, 1.807) is 12.1 Å². The third-order valence-electron chi connectivity index (χ3n) is 6.19. The molecule has 0 spiro atoms. The number of benzene rings is 2. The molecule has 5 nitrogen and oxygen atoms in total. The first-order valence-corrected chi connectivity index (χ1v) is 11.5. The van der Waals surface area contributed by atoms with E-state index in [4.69, 9.17) is 4.84 Å². The number of para-hydroxylation sites is 1. The molecule has 0 bridgehead atoms. The fourth-order valence-electron chi connectivity index (χ4n) is 4.66. The molecule has 6 heteroatoms. The third-order valence-corrected chi connectivity index (χ3v) is 6.72. The van der Waals surface area contributed by atoms with Gasteiger partial charge in [0.15, 0.2) is 6.10 Å². The molecule has 0 saturated carbocycles. The lowest BCUT2D eigenvalue weighted by atomic mass is 9.82. The zero-order valence-corrected chi connectivity index (χ0v) is 18.9. The van der Waals surface area contributed by atoms with Gasteiger partial charge in [-0.25, -0.2) is 9.96 Å². The van der Waals surface area contributed by atoms with Gasteiger partial charge in [0.2, 0.25) is 5.91 Å². The first-order chi connectivity index (χ1) is 14.6. The summed E-state index contributed by atoms with van der Waals surface area (Å²) in [4.78, 5) is 34.3. The van der Waals surface area contributed by atoms with Crippen molar-refractivity contribution in [2.75, 3.05) is 9.96 Å². The summed E-state index contributed by atoms with van der Waals surface area (Å²) in [5.74, 6) is -0.670. The molecule has 2 saturated heterocycles. The number of hydrogen-bond donors (Lipinski definition) is 0. The van der Waals surface area contributed by atoms with Crippen molar-refractivity contribution in [3.8, 4) is 0 Å². The van der Waals surface area contributed by atoms with Crippen LogP contribution in [-0.2, 0) is 14.4 Å². The molecule has 4 unspecified atom stereocenters. The largest absolute Gasteiger partial charge is 0.273 e. The Kier molecular flexibility index (Phi) is 6.25. The van der Waals surface area contributed by atoms with Crippen molar-refractivity contribution in [3.63, 3.8) is 0 Å². The van der Waals surface area contributed by atoms with Gasteiger partial charge < -0.3 is 0 Å². The summed E-state index contributed by atoms with van der Waals surface area (Å²) >= 11 is 3.41. The van der Waals surface area contributed by atoms with E-state index in [2.05, 4.69) is 29.8 Å². The highest BCUT2D eigenvalue weighted by atomic mass is 79.9. The average Bonchev–Trinajstić information content (AvgIpc) is 3.27. The monoisotopic (exact) mass is 470 g/mol. The molecule has 0 radical (unpaired) electrons. The van der Waals surface area contributed by atoms with Crippen LogP contribution in [0.15, 0.2) is 59.1 Å². The topological polar surface area (TPSA) is 49.9 Å². The number of hydroxylamine groups is 1. The fourth-order valence-corrected chi connectivity index (χ4v) is 4.93. The number of rotatable bonds is 7. The quantitative estimate of drug-likeness (QED) is 0.512. The number of nitrogens with zero attached hydrogens (tertiary/aromatic N) is 2. The van der Waals surface area contributed by atoms with Crippen molar-refractivity contribution >= 4 is 39.1 Å². The Labute approximate surface area is 186 Å². The normalized spacial score (nSPS) is 24.4. The highest BCUT2D eigenvalue weighted by Gasteiger charge is 2.61. The Morgan fingerprint density at radius 2 is 1.67 bits per heavy atom. The summed E-state index contributed by atoms with van der Waals surface area (Å²) in [6, 6.07) is 16.9. The number of fused-ring (bicyclic) bond motifs is 1. The van der Waals surface area contributed by atoms with Crippen LogP contribution < -0.4 is 9.96 Å². The Morgan fingerprint density at radius 3 is 2.30 bits per heavy atom. The lowest BCUT2D eigenvalue weighted by Gasteiger charge is -2.33. The van der Waals surface area contributed by atoms with Crippen LogP contribution in [-0.4, -0.2) is 24.0 Å². The van der Waals surface area contributed by atoms with Crippen molar-refractivity contribution in [2.24, 2.45) is 11.8 Å². The van der Waals surface area contributed by atoms with Gasteiger partial charge in [0.25, 0.3) is 5.91 Å². The van der Waals surface area contributed by atoms with E-state index in [-0.39, 0.29) is 23.8 Å². The predicted molar refractivity (Wildman–Crippen MR) is 121 cm³/mol. The Balaban J connectivity index is 1.71. The van der Waals surface area contributed by atoms with Gasteiger partial charge in [0.05, 0.1) is 23.3 Å². The van der Waals surface area contributed by atoms with Gasteiger partial charge in [0.1, 0.15) is 0 Å². The van der Waals surface area contributed by atoms with Crippen LogP contribution in [0.1, 0.15) is 39.5 Å². The Morgan fingerprint density at radius 1 is 0.967 bits per heavy atom. The smallest absolute Gasteiger partial charge is 0.266 e. The van der Waals surface area contributed by atoms with E-state index in [0.29, 0.717) is 5.69 Å². The Bertz CT molecular complexity index is 902. The minimum atomic E-state index is -0.776. The maximum atomic E-state index is 13.6. The lowest BCUT2D eigenvalue weighted by Crippen LogP contribution is -2.44. The highest BCUT2D eigenvalue weighted by molar-refractivity contribution is 9.10. The maximum Gasteiger partial charge on any atom is 0.266 e. The van der Waals surface area contributed by atoms with Gasteiger partial charge in [-0.05, 0) is 48.7 Å². The number of carbonyl (C=O) groups excluding carboxylic acids is 2. The number of carbonyl (C=O) groups is 2. The van der Waals surface area contributed by atoms with Gasteiger partial charge in [-0.1, -0.05) is 67.2 Å². The van der Waals surface area contributed by atoms with E-state index >= 15 is 0 Å². The molecule has 30 heavy (non-hydrogen) atoms. The minimum absolute atomic E-state index is 0.161. The van der Waals surface area contributed by atoms with Crippen LogP contribution in [0.4, 0.5) is 11.4 Å². The van der Waals surface area contributed by atoms with E-state index in [1.807, 2.05) is 47.5 Å². The molecule has 2 aromatic carbocycles. The van der Waals surface area contributed by atoms with Crippen molar-refractivity contribution in [3.05, 3.63) is 59.1 Å². The molecular formula is C24H27BrN2O3. The van der Waals surface area contributed by atoms with Gasteiger partial charge in [-0.15, -0.1) is 0 Å². The second-order valence-electron chi connectivity index (χ2n) is 8.00. The van der Waals surface area contributed by atoms with Crippen molar-refractivity contribution < 1.29 is 14.4 Å². The molecule has 2 amide bonds. The fraction of sp³-hybridized carbons (Fsp3) is 0.417. The van der Waals surface area contributed by atoms with Crippen molar-refractivity contribution in [1.82, 2.24) is 0 Å². The second-order valence-corrected chi connectivity index (χ2v) is 8.92. The molecule has 2 heterocycles. The van der Waals surface area contributed by atoms with Crippen LogP contribution >= 0.6 is 15.9 Å². The van der Waals surface area contributed by atoms with Crippen LogP contribution in [0.3, 0.4) is 0 Å². The van der Waals surface area contributed by atoms with E-state index in [9.17, 15) is 9.59 Å². The summed E-state index contributed by atoms with van der Waals surface area (Å²) in [6.07, 6.45) is 3.35. The van der Waals surface area contributed by atoms with Gasteiger partial charge >= 0.3 is 0 Å². The molecule has 2 aliphatic rings.